The highest BCUT2D eigenvalue weighted by Gasteiger charge is 2.25. The van der Waals surface area contributed by atoms with Gasteiger partial charge in [-0.3, -0.25) is 0 Å². The summed E-state index contributed by atoms with van der Waals surface area (Å²) in [5.41, 5.74) is 0. The molecule has 158 valence electrons. The minimum atomic E-state index is -0.826. The number of hydrogen-bond donors (Lipinski definition) is 0. The highest BCUT2D eigenvalue weighted by molar-refractivity contribution is 6.79. The van der Waals surface area contributed by atoms with E-state index in [1.165, 1.54) is 127 Å². The Labute approximate surface area is 169 Å². The first kappa shape index (κ1) is 26.2. The monoisotopic (exact) mass is 382 g/mol. The molecule has 0 aliphatic heterocycles. The van der Waals surface area contributed by atoms with Crippen LogP contribution >= 0.6 is 0 Å². The van der Waals surface area contributed by atoms with Gasteiger partial charge in [-0.05, 0) is 0 Å². The molecule has 0 N–H and O–H groups in total. The zero-order chi connectivity index (χ0) is 19.3. The first-order valence-electron chi connectivity index (χ1n) is 12.7. The van der Waals surface area contributed by atoms with Gasteiger partial charge in [0.15, 0.2) is 0 Å². The third kappa shape index (κ3) is 15.3. The molecule has 26 heavy (non-hydrogen) atoms. The molecule has 0 aromatic carbocycles. The molecular formula is C25H54Si. The maximum Gasteiger partial charge on any atom is 0.0527 e. The largest absolute Gasteiger partial charge is 0.0678 e. The van der Waals surface area contributed by atoms with Gasteiger partial charge in [-0.25, -0.2) is 0 Å². The number of unbranched alkanes of at least 4 members (excludes halogenated alkanes) is 16. The van der Waals surface area contributed by atoms with Crippen molar-refractivity contribution in [2.75, 3.05) is 0 Å². The molecule has 0 saturated heterocycles. The van der Waals surface area contributed by atoms with Crippen LogP contribution < -0.4 is 0 Å². The van der Waals surface area contributed by atoms with Crippen LogP contribution in [-0.4, -0.2) is 8.07 Å². The van der Waals surface area contributed by atoms with Crippen LogP contribution in [0.4, 0.5) is 0 Å². The third-order valence-corrected chi connectivity index (χ3v) is 13.0. The predicted octanol–water partition coefficient (Wildman–Crippen LogP) is 10.1. The lowest BCUT2D eigenvalue weighted by atomic mass is 10.0. The van der Waals surface area contributed by atoms with E-state index >= 15 is 0 Å². The molecule has 0 saturated carbocycles. The molecule has 0 bridgehead atoms. The molecule has 1 heteroatoms. The van der Waals surface area contributed by atoms with E-state index in [1.807, 2.05) is 0 Å². The summed E-state index contributed by atoms with van der Waals surface area (Å²) >= 11 is 0. The molecule has 0 aromatic rings. The molecule has 0 aromatic heterocycles. The quantitative estimate of drug-likeness (QED) is 0.137. The maximum absolute atomic E-state index is 2.45. The summed E-state index contributed by atoms with van der Waals surface area (Å²) in [5.74, 6) is 0. The van der Waals surface area contributed by atoms with Crippen molar-refractivity contribution in [1.29, 1.82) is 0 Å². The van der Waals surface area contributed by atoms with Crippen LogP contribution in [0.25, 0.3) is 0 Å². The van der Waals surface area contributed by atoms with Crippen LogP contribution in [0.2, 0.25) is 24.2 Å². The molecule has 0 nitrogen and oxygen atoms in total. The molecule has 0 spiro atoms. The average molecular weight is 383 g/mol. The second-order valence-corrected chi connectivity index (χ2v) is 14.6. The average Bonchev–Trinajstić information content (AvgIpc) is 2.68. The summed E-state index contributed by atoms with van der Waals surface area (Å²) in [6.45, 7) is 9.66. The highest BCUT2D eigenvalue weighted by Crippen LogP contribution is 2.27. The summed E-state index contributed by atoms with van der Waals surface area (Å²) < 4.78 is 0. The van der Waals surface area contributed by atoms with Crippen molar-refractivity contribution in [3.8, 4) is 0 Å². The molecular weight excluding hydrogens is 328 g/mol. The van der Waals surface area contributed by atoms with Crippen molar-refractivity contribution >= 4 is 8.07 Å². The summed E-state index contributed by atoms with van der Waals surface area (Å²) in [4.78, 5) is 0. The second kappa shape index (κ2) is 20.0. The van der Waals surface area contributed by atoms with Gasteiger partial charge in [0, 0.05) is 0 Å². The zero-order valence-electron chi connectivity index (χ0n) is 19.3. The van der Waals surface area contributed by atoms with Crippen molar-refractivity contribution < 1.29 is 0 Å². The Morgan fingerprint density at radius 3 is 0.885 bits per heavy atom. The minimum absolute atomic E-state index is 0.826. The second-order valence-electron chi connectivity index (χ2n) is 8.97. The van der Waals surface area contributed by atoms with Gasteiger partial charge in [0.05, 0.1) is 8.07 Å². The Kier molecular flexibility index (Phi) is 20.1. The smallest absolute Gasteiger partial charge is 0.0527 e. The fraction of sp³-hybridized carbons (Fsp3) is 1.00. The molecule has 0 amide bonds. The zero-order valence-corrected chi connectivity index (χ0v) is 20.3. The molecule has 0 rings (SSSR count). The minimum Gasteiger partial charge on any atom is -0.0678 e. The van der Waals surface area contributed by atoms with Gasteiger partial charge in [0.1, 0.15) is 0 Å². The van der Waals surface area contributed by atoms with E-state index in [-0.39, 0.29) is 0 Å². The topological polar surface area (TPSA) is 0 Å². The molecule has 0 aliphatic rings. The van der Waals surface area contributed by atoms with E-state index < -0.39 is 8.07 Å². The first-order valence-corrected chi connectivity index (χ1v) is 15.6. The lowest BCUT2D eigenvalue weighted by Gasteiger charge is -2.28. The number of hydrogen-bond acceptors (Lipinski definition) is 0. The van der Waals surface area contributed by atoms with Crippen LogP contribution in [0.5, 0.6) is 0 Å². The Balaban J connectivity index is 3.20. The van der Waals surface area contributed by atoms with Crippen LogP contribution in [-0.2, 0) is 0 Å². The van der Waals surface area contributed by atoms with Crippen LogP contribution in [0.15, 0.2) is 0 Å². The van der Waals surface area contributed by atoms with Gasteiger partial charge < -0.3 is 0 Å². The van der Waals surface area contributed by atoms with Gasteiger partial charge >= 0.3 is 0 Å². The van der Waals surface area contributed by atoms with Crippen LogP contribution in [0, 0.1) is 0 Å². The molecule has 0 aliphatic carbocycles. The van der Waals surface area contributed by atoms with Gasteiger partial charge in [-0.1, -0.05) is 161 Å². The summed E-state index contributed by atoms with van der Waals surface area (Å²) in [6.07, 6.45) is 25.2. The fourth-order valence-electron chi connectivity index (χ4n) is 4.51. The van der Waals surface area contributed by atoms with E-state index in [4.69, 9.17) is 0 Å². The number of rotatable bonds is 21. The van der Waals surface area contributed by atoms with Gasteiger partial charge in [0.25, 0.3) is 0 Å². The Morgan fingerprint density at radius 2 is 0.615 bits per heavy atom. The lowest BCUT2D eigenvalue weighted by Crippen LogP contribution is -2.30. The molecule has 0 heterocycles. The summed E-state index contributed by atoms with van der Waals surface area (Å²) in [5, 5.41) is 0. The van der Waals surface area contributed by atoms with E-state index in [0.717, 1.165) is 0 Å². The van der Waals surface area contributed by atoms with Crippen LogP contribution in [0.3, 0.4) is 0 Å². The lowest BCUT2D eigenvalue weighted by molar-refractivity contribution is 0.528. The van der Waals surface area contributed by atoms with Crippen molar-refractivity contribution in [1.82, 2.24) is 0 Å². The van der Waals surface area contributed by atoms with Crippen molar-refractivity contribution in [2.45, 2.75) is 161 Å². The summed E-state index contributed by atoms with van der Waals surface area (Å²) in [7, 11) is -0.826. The fourth-order valence-corrected chi connectivity index (χ4v) is 8.07. The normalized spacial score (nSPS) is 12.0. The van der Waals surface area contributed by atoms with Gasteiger partial charge in [-0.2, -0.15) is 0 Å². The van der Waals surface area contributed by atoms with Crippen molar-refractivity contribution in [2.24, 2.45) is 0 Å². The van der Waals surface area contributed by atoms with E-state index in [9.17, 15) is 0 Å². The SMILES string of the molecule is CCCCCCCCCCCCCCCCCCC[Si](CC)(CC)CC. The maximum atomic E-state index is 2.45. The van der Waals surface area contributed by atoms with Gasteiger partial charge in [0.2, 0.25) is 0 Å². The van der Waals surface area contributed by atoms with E-state index in [1.54, 1.807) is 6.04 Å². The summed E-state index contributed by atoms with van der Waals surface area (Å²) in [6, 6.07) is 6.14. The standard InChI is InChI=1S/C25H54Si/c1-5-9-10-11-12-13-14-15-16-17-18-19-20-21-22-23-24-25-26(6-2,7-3)8-4/h5-25H2,1-4H3. The van der Waals surface area contributed by atoms with E-state index in [2.05, 4.69) is 27.7 Å². The van der Waals surface area contributed by atoms with Crippen molar-refractivity contribution in [3.63, 3.8) is 0 Å². The third-order valence-electron chi connectivity index (χ3n) is 7.06. The molecule has 0 fully saturated rings. The first-order chi connectivity index (χ1) is 12.7. The van der Waals surface area contributed by atoms with Crippen LogP contribution in [0.1, 0.15) is 137 Å². The Bertz CT molecular complexity index is 249. The molecule has 0 unspecified atom stereocenters. The predicted molar refractivity (Wildman–Crippen MR) is 126 cm³/mol. The Morgan fingerprint density at radius 1 is 0.346 bits per heavy atom. The van der Waals surface area contributed by atoms with Crippen molar-refractivity contribution in [3.05, 3.63) is 0 Å². The highest BCUT2D eigenvalue weighted by atomic mass is 28.3. The molecule has 0 radical (unpaired) electrons. The van der Waals surface area contributed by atoms with Gasteiger partial charge in [-0.15, -0.1) is 0 Å². The Hall–Kier alpha value is 0.217. The van der Waals surface area contributed by atoms with E-state index in [0.29, 0.717) is 0 Å². The molecule has 0 atom stereocenters.